The van der Waals surface area contributed by atoms with Gasteiger partial charge in [-0.2, -0.15) is 0 Å². The molecule has 0 aromatic heterocycles. The van der Waals surface area contributed by atoms with Gasteiger partial charge in [0.1, 0.15) is 5.82 Å². The summed E-state index contributed by atoms with van der Waals surface area (Å²) in [6, 6.07) is 14.6. The van der Waals surface area contributed by atoms with Gasteiger partial charge >= 0.3 is 0 Å². The van der Waals surface area contributed by atoms with Crippen molar-refractivity contribution in [1.82, 2.24) is 0 Å². The zero-order chi connectivity index (χ0) is 13.7. The molecule has 1 unspecified atom stereocenters. The molecule has 0 amide bonds. The lowest BCUT2D eigenvalue weighted by atomic mass is 10.1. The first-order valence-corrected chi connectivity index (χ1v) is 7.78. The quantitative estimate of drug-likeness (QED) is 0.637. The molecular weight excluding hydrogens is 375 g/mol. The predicted octanol–water partition coefficient (Wildman–Crippen LogP) is 5.24. The second-order valence-corrected chi connectivity index (χ2v) is 5.67. The Labute approximate surface area is 129 Å². The van der Waals surface area contributed by atoms with E-state index in [1.54, 1.807) is 12.1 Å². The fourth-order valence-electron chi connectivity index (χ4n) is 1.78. The highest BCUT2D eigenvalue weighted by atomic mass is 79.9. The third-order valence-electron chi connectivity index (χ3n) is 2.73. The van der Waals surface area contributed by atoms with E-state index in [1.807, 2.05) is 30.3 Å². The highest BCUT2D eigenvalue weighted by Gasteiger charge is 2.14. The molecule has 0 bridgehead atoms. The van der Waals surface area contributed by atoms with Crippen molar-refractivity contribution in [1.29, 1.82) is 0 Å². The lowest BCUT2D eigenvalue weighted by Gasteiger charge is -2.16. The molecule has 0 aliphatic heterocycles. The van der Waals surface area contributed by atoms with Gasteiger partial charge in [0.05, 0.1) is 12.7 Å². The van der Waals surface area contributed by atoms with Gasteiger partial charge < -0.3 is 4.74 Å². The van der Waals surface area contributed by atoms with Crippen LogP contribution in [-0.4, -0.2) is 5.33 Å². The molecule has 0 aliphatic carbocycles. The van der Waals surface area contributed by atoms with Crippen LogP contribution in [0, 0.1) is 5.82 Å². The Kier molecular flexibility index (Phi) is 5.55. The van der Waals surface area contributed by atoms with Gasteiger partial charge in [0.2, 0.25) is 0 Å². The van der Waals surface area contributed by atoms with Crippen molar-refractivity contribution in [3.8, 4) is 0 Å². The molecule has 0 N–H and O–H groups in total. The van der Waals surface area contributed by atoms with Crippen molar-refractivity contribution >= 4 is 31.9 Å². The van der Waals surface area contributed by atoms with Crippen LogP contribution in [0.25, 0.3) is 0 Å². The van der Waals surface area contributed by atoms with Crippen molar-refractivity contribution in [2.45, 2.75) is 12.7 Å². The Morgan fingerprint density at radius 2 is 1.89 bits per heavy atom. The van der Waals surface area contributed by atoms with Crippen molar-refractivity contribution in [3.63, 3.8) is 0 Å². The van der Waals surface area contributed by atoms with Gasteiger partial charge in [0.15, 0.2) is 0 Å². The minimum atomic E-state index is -0.291. The molecule has 0 heterocycles. The topological polar surface area (TPSA) is 9.23 Å². The van der Waals surface area contributed by atoms with Gasteiger partial charge in [0.25, 0.3) is 0 Å². The van der Waals surface area contributed by atoms with Crippen LogP contribution in [0.15, 0.2) is 53.0 Å². The van der Waals surface area contributed by atoms with Crippen LogP contribution < -0.4 is 0 Å². The Hall–Kier alpha value is -0.710. The number of hydrogen-bond acceptors (Lipinski definition) is 1. The maximum Gasteiger partial charge on any atom is 0.129 e. The summed E-state index contributed by atoms with van der Waals surface area (Å²) in [5, 5.41) is 0.557. The summed E-state index contributed by atoms with van der Waals surface area (Å²) < 4.78 is 20.5. The molecule has 100 valence electrons. The third-order valence-corrected chi connectivity index (χ3v) is 3.81. The maximum atomic E-state index is 13.7. The van der Waals surface area contributed by atoms with Gasteiger partial charge in [-0.1, -0.05) is 62.2 Å². The van der Waals surface area contributed by atoms with E-state index in [0.29, 0.717) is 17.5 Å². The lowest BCUT2D eigenvalue weighted by Crippen LogP contribution is -2.08. The molecular formula is C15H13Br2FO. The number of halogens is 3. The highest BCUT2D eigenvalue weighted by Crippen LogP contribution is 2.24. The first-order valence-electron chi connectivity index (χ1n) is 5.87. The molecule has 0 radical (unpaired) electrons. The molecule has 19 heavy (non-hydrogen) atoms. The van der Waals surface area contributed by atoms with Crippen molar-refractivity contribution in [3.05, 3.63) is 69.9 Å². The molecule has 2 aromatic carbocycles. The minimum Gasteiger partial charge on any atom is -0.368 e. The number of ether oxygens (including phenoxy) is 1. The Balaban J connectivity index is 2.06. The molecule has 1 nitrogen and oxygen atoms in total. The van der Waals surface area contributed by atoms with Gasteiger partial charge in [-0.05, 0) is 23.8 Å². The van der Waals surface area contributed by atoms with Crippen LogP contribution in [0.1, 0.15) is 17.2 Å². The van der Waals surface area contributed by atoms with E-state index in [0.717, 1.165) is 10.0 Å². The second kappa shape index (κ2) is 7.17. The number of alkyl halides is 1. The summed E-state index contributed by atoms with van der Waals surface area (Å²) in [7, 11) is 0. The van der Waals surface area contributed by atoms with Gasteiger partial charge in [-0.25, -0.2) is 4.39 Å². The van der Waals surface area contributed by atoms with E-state index in [2.05, 4.69) is 31.9 Å². The smallest absolute Gasteiger partial charge is 0.129 e. The average molecular weight is 388 g/mol. The molecule has 2 aromatic rings. The minimum absolute atomic E-state index is 0.235. The molecule has 2 rings (SSSR count). The number of rotatable bonds is 5. The Morgan fingerprint density at radius 1 is 1.11 bits per heavy atom. The van der Waals surface area contributed by atoms with Gasteiger partial charge in [-0.15, -0.1) is 0 Å². The standard InChI is InChI=1S/C15H13Br2FO/c16-9-15(13-6-1-2-7-14(13)18)19-10-11-4-3-5-12(17)8-11/h1-8,15H,9-10H2. The molecule has 1 atom stereocenters. The monoisotopic (exact) mass is 386 g/mol. The summed E-state index contributed by atoms with van der Waals surface area (Å²) in [5.41, 5.74) is 1.63. The van der Waals surface area contributed by atoms with Gasteiger partial charge in [-0.3, -0.25) is 0 Å². The maximum absolute atomic E-state index is 13.7. The van der Waals surface area contributed by atoms with E-state index in [1.165, 1.54) is 6.07 Å². The van der Waals surface area contributed by atoms with E-state index < -0.39 is 0 Å². The van der Waals surface area contributed by atoms with Crippen LogP contribution >= 0.6 is 31.9 Å². The normalized spacial score (nSPS) is 12.4. The SMILES string of the molecule is Fc1ccccc1C(CBr)OCc1cccc(Br)c1. The van der Waals surface area contributed by atoms with Crippen LogP contribution in [0.3, 0.4) is 0 Å². The van der Waals surface area contributed by atoms with Crippen molar-refractivity contribution in [2.75, 3.05) is 5.33 Å². The van der Waals surface area contributed by atoms with Crippen molar-refractivity contribution in [2.24, 2.45) is 0 Å². The molecule has 0 aliphatic rings. The Bertz CT molecular complexity index is 545. The number of benzene rings is 2. The highest BCUT2D eigenvalue weighted by molar-refractivity contribution is 9.10. The first-order chi connectivity index (χ1) is 9.20. The van der Waals surface area contributed by atoms with Crippen LogP contribution in [0.5, 0.6) is 0 Å². The zero-order valence-electron chi connectivity index (χ0n) is 10.2. The lowest BCUT2D eigenvalue weighted by molar-refractivity contribution is 0.0542. The summed E-state index contributed by atoms with van der Waals surface area (Å²) in [4.78, 5) is 0. The fourth-order valence-corrected chi connectivity index (χ4v) is 2.76. The van der Waals surface area contributed by atoms with Crippen LogP contribution in [0.4, 0.5) is 4.39 Å². The Morgan fingerprint density at radius 3 is 2.58 bits per heavy atom. The van der Waals surface area contributed by atoms with E-state index in [9.17, 15) is 4.39 Å². The van der Waals surface area contributed by atoms with Crippen LogP contribution in [0.2, 0.25) is 0 Å². The van der Waals surface area contributed by atoms with Crippen LogP contribution in [-0.2, 0) is 11.3 Å². The van der Waals surface area contributed by atoms with Gasteiger partial charge in [0, 0.05) is 15.4 Å². The summed E-state index contributed by atoms with van der Waals surface area (Å²) in [6.45, 7) is 0.448. The zero-order valence-corrected chi connectivity index (χ0v) is 13.3. The predicted molar refractivity (Wildman–Crippen MR) is 81.9 cm³/mol. The summed E-state index contributed by atoms with van der Waals surface area (Å²) in [6.07, 6.45) is -0.291. The van der Waals surface area contributed by atoms with Crippen molar-refractivity contribution < 1.29 is 9.13 Å². The summed E-state index contributed by atoms with van der Waals surface area (Å²) >= 11 is 6.79. The molecule has 0 saturated carbocycles. The third kappa shape index (κ3) is 4.13. The largest absolute Gasteiger partial charge is 0.368 e. The molecule has 0 spiro atoms. The van der Waals surface area contributed by atoms with E-state index >= 15 is 0 Å². The molecule has 0 saturated heterocycles. The van der Waals surface area contributed by atoms with E-state index in [4.69, 9.17) is 4.74 Å². The molecule has 4 heteroatoms. The second-order valence-electron chi connectivity index (χ2n) is 4.11. The fraction of sp³-hybridized carbons (Fsp3) is 0.200. The number of hydrogen-bond donors (Lipinski definition) is 0. The summed E-state index contributed by atoms with van der Waals surface area (Å²) in [5.74, 6) is -0.235. The first kappa shape index (κ1) is 14.7. The molecule has 0 fully saturated rings. The average Bonchev–Trinajstić information content (AvgIpc) is 2.41. The van der Waals surface area contributed by atoms with E-state index in [-0.39, 0.29) is 11.9 Å².